The average molecular weight is 328 g/mol. The van der Waals surface area contributed by atoms with Crippen molar-refractivity contribution in [1.82, 2.24) is 15.1 Å². The Labute approximate surface area is 140 Å². The van der Waals surface area contributed by atoms with Crippen LogP contribution in [0.4, 0.5) is 0 Å². The molecule has 0 bridgehead atoms. The van der Waals surface area contributed by atoms with Gasteiger partial charge in [-0.1, -0.05) is 41.9 Å². The monoisotopic (exact) mass is 327 g/mol. The molecule has 0 saturated heterocycles. The van der Waals surface area contributed by atoms with Gasteiger partial charge in [-0.15, -0.1) is 0 Å². The van der Waals surface area contributed by atoms with Crippen molar-refractivity contribution in [2.45, 2.75) is 12.6 Å². The zero-order chi connectivity index (χ0) is 16.1. The number of nitrogens with one attached hydrogen (secondary N) is 1. The summed E-state index contributed by atoms with van der Waals surface area (Å²) < 4.78 is 1.82. The largest absolute Gasteiger partial charge is 0.387 e. The van der Waals surface area contributed by atoms with Crippen LogP contribution in [0, 0.1) is 0 Å². The SMILES string of the molecule is OC(CNCc1ccc(-n2cccn2)cc1)c1ccccc1Cl. The van der Waals surface area contributed by atoms with Gasteiger partial charge in [0, 0.05) is 36.1 Å². The Balaban J connectivity index is 1.54. The fourth-order valence-corrected chi connectivity index (χ4v) is 2.66. The van der Waals surface area contributed by atoms with Gasteiger partial charge in [-0.25, -0.2) is 4.68 Å². The summed E-state index contributed by atoms with van der Waals surface area (Å²) in [6.07, 6.45) is 3.05. The lowest BCUT2D eigenvalue weighted by Gasteiger charge is -2.13. The number of hydrogen-bond donors (Lipinski definition) is 2. The number of halogens is 1. The van der Waals surface area contributed by atoms with Crippen LogP contribution in [0.2, 0.25) is 5.02 Å². The summed E-state index contributed by atoms with van der Waals surface area (Å²) in [5, 5.41) is 18.2. The lowest BCUT2D eigenvalue weighted by Crippen LogP contribution is -2.21. The summed E-state index contributed by atoms with van der Waals surface area (Å²) >= 11 is 6.09. The highest BCUT2D eigenvalue weighted by Gasteiger charge is 2.10. The summed E-state index contributed by atoms with van der Waals surface area (Å²) in [6.45, 7) is 1.13. The van der Waals surface area contributed by atoms with E-state index in [1.807, 2.05) is 59.4 Å². The highest BCUT2D eigenvalue weighted by atomic mass is 35.5. The quantitative estimate of drug-likeness (QED) is 0.730. The van der Waals surface area contributed by atoms with Crippen LogP contribution in [0.25, 0.3) is 5.69 Å². The molecule has 23 heavy (non-hydrogen) atoms. The van der Waals surface area contributed by atoms with Gasteiger partial charge in [0.2, 0.25) is 0 Å². The lowest BCUT2D eigenvalue weighted by molar-refractivity contribution is 0.174. The molecule has 3 aromatic rings. The maximum atomic E-state index is 10.2. The first-order chi connectivity index (χ1) is 11.2. The summed E-state index contributed by atoms with van der Waals surface area (Å²) in [4.78, 5) is 0. The van der Waals surface area contributed by atoms with Crippen LogP contribution in [-0.2, 0) is 6.54 Å². The minimum Gasteiger partial charge on any atom is -0.387 e. The molecule has 118 valence electrons. The molecule has 1 atom stereocenters. The highest BCUT2D eigenvalue weighted by molar-refractivity contribution is 6.31. The maximum Gasteiger partial charge on any atom is 0.0928 e. The molecule has 4 nitrogen and oxygen atoms in total. The van der Waals surface area contributed by atoms with E-state index in [-0.39, 0.29) is 0 Å². The molecule has 1 unspecified atom stereocenters. The molecule has 1 heterocycles. The van der Waals surface area contributed by atoms with Gasteiger partial charge in [-0.3, -0.25) is 0 Å². The van der Waals surface area contributed by atoms with Gasteiger partial charge in [-0.05, 0) is 29.8 Å². The molecule has 2 N–H and O–H groups in total. The number of rotatable bonds is 6. The van der Waals surface area contributed by atoms with Crippen molar-refractivity contribution in [3.05, 3.63) is 83.1 Å². The number of aromatic nitrogens is 2. The van der Waals surface area contributed by atoms with Gasteiger partial charge in [0.05, 0.1) is 11.8 Å². The van der Waals surface area contributed by atoms with Crippen molar-refractivity contribution in [3.63, 3.8) is 0 Å². The fourth-order valence-electron chi connectivity index (χ4n) is 2.40. The van der Waals surface area contributed by atoms with Crippen molar-refractivity contribution in [1.29, 1.82) is 0 Å². The van der Waals surface area contributed by atoms with E-state index in [9.17, 15) is 5.11 Å². The first-order valence-electron chi connectivity index (χ1n) is 7.46. The smallest absolute Gasteiger partial charge is 0.0928 e. The zero-order valence-corrected chi connectivity index (χ0v) is 13.3. The predicted molar refractivity (Wildman–Crippen MR) is 91.7 cm³/mol. The van der Waals surface area contributed by atoms with E-state index in [0.717, 1.165) is 16.8 Å². The van der Waals surface area contributed by atoms with Crippen LogP contribution in [0.1, 0.15) is 17.2 Å². The van der Waals surface area contributed by atoms with Crippen LogP contribution >= 0.6 is 11.6 Å². The molecular formula is C18H18ClN3O. The Bertz CT molecular complexity index is 741. The van der Waals surface area contributed by atoms with Gasteiger partial charge >= 0.3 is 0 Å². The molecule has 3 rings (SSSR count). The van der Waals surface area contributed by atoms with Crippen molar-refractivity contribution < 1.29 is 5.11 Å². The molecule has 0 aliphatic rings. The highest BCUT2D eigenvalue weighted by Crippen LogP contribution is 2.21. The number of aliphatic hydroxyl groups is 1. The first-order valence-corrected chi connectivity index (χ1v) is 7.84. The Hall–Kier alpha value is -2.14. The third-order valence-electron chi connectivity index (χ3n) is 3.64. The topological polar surface area (TPSA) is 50.1 Å². The van der Waals surface area contributed by atoms with Crippen LogP contribution in [0.3, 0.4) is 0 Å². The van der Waals surface area contributed by atoms with E-state index in [4.69, 9.17) is 11.6 Å². The Morgan fingerprint density at radius 1 is 1.09 bits per heavy atom. The predicted octanol–water partition coefficient (Wildman–Crippen LogP) is 3.35. The summed E-state index contributed by atoms with van der Waals surface area (Å²) in [7, 11) is 0. The van der Waals surface area contributed by atoms with Crippen molar-refractivity contribution >= 4 is 11.6 Å². The second kappa shape index (κ2) is 7.42. The zero-order valence-electron chi connectivity index (χ0n) is 12.6. The Morgan fingerprint density at radius 2 is 1.87 bits per heavy atom. The van der Waals surface area contributed by atoms with Crippen molar-refractivity contribution in [3.8, 4) is 5.69 Å². The molecule has 5 heteroatoms. The minimum atomic E-state index is -0.618. The molecule has 0 saturated carbocycles. The van der Waals surface area contributed by atoms with Crippen molar-refractivity contribution in [2.24, 2.45) is 0 Å². The lowest BCUT2D eigenvalue weighted by atomic mass is 10.1. The normalized spacial score (nSPS) is 12.3. The van der Waals surface area contributed by atoms with Gasteiger partial charge < -0.3 is 10.4 Å². The Morgan fingerprint density at radius 3 is 2.57 bits per heavy atom. The number of benzene rings is 2. The van der Waals surface area contributed by atoms with Gasteiger partial charge in [0.25, 0.3) is 0 Å². The molecule has 0 amide bonds. The third kappa shape index (κ3) is 3.99. The standard InChI is InChI=1S/C18H18ClN3O/c19-17-5-2-1-4-16(17)18(23)13-20-12-14-6-8-15(9-7-14)22-11-3-10-21-22/h1-11,18,20,23H,12-13H2. The van der Waals surface area contributed by atoms with E-state index < -0.39 is 6.10 Å². The number of aliphatic hydroxyl groups excluding tert-OH is 1. The summed E-state index contributed by atoms with van der Waals surface area (Å²) in [5.74, 6) is 0. The van der Waals surface area contributed by atoms with Crippen molar-refractivity contribution in [2.75, 3.05) is 6.54 Å². The molecule has 0 fully saturated rings. The second-order valence-corrected chi connectivity index (χ2v) is 5.69. The molecule has 0 aliphatic carbocycles. The molecule has 0 radical (unpaired) electrons. The van der Waals surface area contributed by atoms with Crippen LogP contribution in [0.15, 0.2) is 67.0 Å². The van der Waals surface area contributed by atoms with Crippen LogP contribution < -0.4 is 5.32 Å². The average Bonchev–Trinajstić information content (AvgIpc) is 3.10. The maximum absolute atomic E-state index is 10.2. The third-order valence-corrected chi connectivity index (χ3v) is 3.98. The molecule has 2 aromatic carbocycles. The minimum absolute atomic E-state index is 0.449. The van der Waals surface area contributed by atoms with Crippen LogP contribution in [-0.4, -0.2) is 21.4 Å². The summed E-state index contributed by atoms with van der Waals surface area (Å²) in [6, 6.07) is 17.4. The van der Waals surface area contributed by atoms with E-state index >= 15 is 0 Å². The second-order valence-electron chi connectivity index (χ2n) is 5.29. The number of hydrogen-bond acceptors (Lipinski definition) is 3. The van der Waals surface area contributed by atoms with Crippen LogP contribution in [0.5, 0.6) is 0 Å². The molecule has 0 spiro atoms. The summed E-state index contributed by atoms with van der Waals surface area (Å²) in [5.41, 5.74) is 2.91. The van der Waals surface area contributed by atoms with E-state index in [1.54, 1.807) is 12.3 Å². The van der Waals surface area contributed by atoms with E-state index in [0.29, 0.717) is 18.1 Å². The van der Waals surface area contributed by atoms with Gasteiger partial charge in [0.1, 0.15) is 0 Å². The fraction of sp³-hybridized carbons (Fsp3) is 0.167. The number of nitrogens with zero attached hydrogens (tertiary/aromatic N) is 2. The van der Waals surface area contributed by atoms with E-state index in [2.05, 4.69) is 10.4 Å². The van der Waals surface area contributed by atoms with Gasteiger partial charge in [-0.2, -0.15) is 5.10 Å². The molecular weight excluding hydrogens is 310 g/mol. The first kappa shape index (κ1) is 15.7. The molecule has 0 aliphatic heterocycles. The van der Waals surface area contributed by atoms with E-state index in [1.165, 1.54) is 0 Å². The van der Waals surface area contributed by atoms with Gasteiger partial charge in [0.15, 0.2) is 0 Å². The Kier molecular flexibility index (Phi) is 5.08. The molecule has 1 aromatic heterocycles.